The second-order valence-corrected chi connectivity index (χ2v) is 2.99. The highest BCUT2D eigenvalue weighted by Gasteiger charge is 2.11. The molecule has 0 amide bonds. The highest BCUT2D eigenvalue weighted by molar-refractivity contribution is 6.10. The van der Waals surface area contributed by atoms with E-state index in [1.165, 1.54) is 6.92 Å². The molecule has 0 heterocycles. The molecular formula is C12H21NO5. The molecule has 0 saturated heterocycles. The number of esters is 2. The molecule has 0 aromatic rings. The van der Waals surface area contributed by atoms with Crippen LogP contribution in [0.2, 0.25) is 0 Å². The van der Waals surface area contributed by atoms with Crippen LogP contribution in [0.15, 0.2) is 16.3 Å². The van der Waals surface area contributed by atoms with Crippen LogP contribution in [-0.2, 0) is 19.1 Å². The summed E-state index contributed by atoms with van der Waals surface area (Å²) < 4.78 is 9.35. The van der Waals surface area contributed by atoms with Crippen molar-refractivity contribution in [3.63, 3.8) is 0 Å². The van der Waals surface area contributed by atoms with Gasteiger partial charge in [-0.1, -0.05) is 7.43 Å². The molecule has 0 radical (unpaired) electrons. The highest BCUT2D eigenvalue weighted by atomic mass is 16.5. The molecule has 0 rings (SSSR count). The largest absolute Gasteiger partial charge is 0.512 e. The fourth-order valence-corrected chi connectivity index (χ4v) is 0.921. The van der Waals surface area contributed by atoms with Crippen molar-refractivity contribution in [3.05, 3.63) is 11.3 Å². The van der Waals surface area contributed by atoms with Crippen molar-refractivity contribution in [2.24, 2.45) is 4.99 Å². The second kappa shape index (κ2) is 10.3. The van der Waals surface area contributed by atoms with Crippen LogP contribution in [-0.4, -0.2) is 43.0 Å². The number of rotatable bonds is 6. The topological polar surface area (TPSA) is 85.2 Å². The number of aliphatic hydroxyl groups excluding tert-OH is 1. The third-order valence-electron chi connectivity index (χ3n) is 1.63. The van der Waals surface area contributed by atoms with Crippen molar-refractivity contribution in [2.45, 2.75) is 28.2 Å². The van der Waals surface area contributed by atoms with E-state index in [0.717, 1.165) is 6.21 Å². The summed E-state index contributed by atoms with van der Waals surface area (Å²) in [5.74, 6) is -1.39. The van der Waals surface area contributed by atoms with E-state index in [1.807, 2.05) is 0 Å². The molecule has 104 valence electrons. The summed E-state index contributed by atoms with van der Waals surface area (Å²) >= 11 is 0. The summed E-state index contributed by atoms with van der Waals surface area (Å²) in [7, 11) is 0. The van der Waals surface area contributed by atoms with Gasteiger partial charge in [0, 0.05) is 6.21 Å². The van der Waals surface area contributed by atoms with Gasteiger partial charge in [-0.15, -0.1) is 0 Å². The van der Waals surface area contributed by atoms with Gasteiger partial charge >= 0.3 is 11.9 Å². The zero-order valence-electron chi connectivity index (χ0n) is 10.2. The molecular weight excluding hydrogens is 238 g/mol. The Bertz CT molecular complexity index is 329. The average molecular weight is 259 g/mol. The molecule has 0 saturated carbocycles. The van der Waals surface area contributed by atoms with E-state index < -0.39 is 11.9 Å². The highest BCUT2D eigenvalue weighted by Crippen LogP contribution is 2.01. The van der Waals surface area contributed by atoms with E-state index in [4.69, 9.17) is 4.74 Å². The lowest BCUT2D eigenvalue weighted by Gasteiger charge is -2.03. The Balaban J connectivity index is 0. The number of carbonyl (C=O) groups is 2. The van der Waals surface area contributed by atoms with E-state index in [1.54, 1.807) is 13.8 Å². The van der Waals surface area contributed by atoms with E-state index in [9.17, 15) is 14.7 Å². The number of hydrogen-bond acceptors (Lipinski definition) is 6. The van der Waals surface area contributed by atoms with Gasteiger partial charge in [0.15, 0.2) is 0 Å². The number of allylic oxidation sites excluding steroid dienone is 1. The van der Waals surface area contributed by atoms with Crippen molar-refractivity contribution in [2.75, 3.05) is 19.8 Å². The summed E-state index contributed by atoms with van der Waals surface area (Å²) in [6.07, 6.45) is 1.10. The lowest BCUT2D eigenvalue weighted by atomic mass is 10.2. The van der Waals surface area contributed by atoms with Crippen LogP contribution in [0.3, 0.4) is 0 Å². The molecule has 0 atom stereocenters. The molecule has 0 aliphatic rings. The maximum atomic E-state index is 11.3. The Kier molecular flexibility index (Phi) is 10.6. The Labute approximate surface area is 107 Å². The number of carbonyl (C=O) groups excluding carboxylic acids is 2. The first-order valence-electron chi connectivity index (χ1n) is 5.25. The van der Waals surface area contributed by atoms with Gasteiger partial charge in [-0.05, 0) is 20.8 Å². The summed E-state index contributed by atoms with van der Waals surface area (Å²) in [5, 5.41) is 9.25. The van der Waals surface area contributed by atoms with Gasteiger partial charge in [-0.3, -0.25) is 9.79 Å². The Morgan fingerprint density at radius 3 is 2.22 bits per heavy atom. The standard InChI is InChI=1S/C11H17NO5.CH4/c1-4-16-10(14)7-12-6-9(8(3)13)11(15)17-5-2;/h6,13H,4-5,7H2,1-3H3;1H4. The van der Waals surface area contributed by atoms with Crippen LogP contribution < -0.4 is 0 Å². The number of aliphatic imine (C=N–C) groups is 1. The second-order valence-electron chi connectivity index (χ2n) is 2.99. The zero-order chi connectivity index (χ0) is 13.3. The van der Waals surface area contributed by atoms with Crippen molar-refractivity contribution in [3.8, 4) is 0 Å². The maximum Gasteiger partial charge on any atom is 0.343 e. The van der Waals surface area contributed by atoms with E-state index in [2.05, 4.69) is 9.73 Å². The Morgan fingerprint density at radius 1 is 1.22 bits per heavy atom. The number of ether oxygens (including phenoxy) is 2. The van der Waals surface area contributed by atoms with Gasteiger partial charge in [0.25, 0.3) is 0 Å². The van der Waals surface area contributed by atoms with Gasteiger partial charge in [-0.25, -0.2) is 4.79 Å². The van der Waals surface area contributed by atoms with Crippen LogP contribution in [0.5, 0.6) is 0 Å². The molecule has 0 bridgehead atoms. The minimum absolute atomic E-state index is 0. The first-order chi connectivity index (χ1) is 8.02. The summed E-state index contributed by atoms with van der Waals surface area (Å²) in [4.78, 5) is 26.0. The van der Waals surface area contributed by atoms with Crippen LogP contribution in [0.1, 0.15) is 28.2 Å². The van der Waals surface area contributed by atoms with Crippen LogP contribution in [0.4, 0.5) is 0 Å². The van der Waals surface area contributed by atoms with Crippen molar-refractivity contribution in [1.29, 1.82) is 0 Å². The van der Waals surface area contributed by atoms with Crippen molar-refractivity contribution < 1.29 is 24.2 Å². The molecule has 6 nitrogen and oxygen atoms in total. The van der Waals surface area contributed by atoms with Crippen molar-refractivity contribution >= 4 is 18.2 Å². The molecule has 0 unspecified atom stereocenters. The zero-order valence-corrected chi connectivity index (χ0v) is 10.2. The van der Waals surface area contributed by atoms with E-state index >= 15 is 0 Å². The third kappa shape index (κ3) is 7.43. The maximum absolute atomic E-state index is 11.3. The van der Waals surface area contributed by atoms with Gasteiger partial charge in [0.1, 0.15) is 17.9 Å². The third-order valence-corrected chi connectivity index (χ3v) is 1.63. The molecule has 1 N–H and O–H groups in total. The quantitative estimate of drug-likeness (QED) is 0.339. The van der Waals surface area contributed by atoms with Gasteiger partial charge in [-0.2, -0.15) is 0 Å². The number of aliphatic hydroxyl groups is 1. The number of nitrogens with zero attached hydrogens (tertiary/aromatic N) is 1. The molecule has 0 aromatic heterocycles. The molecule has 6 heteroatoms. The van der Waals surface area contributed by atoms with Crippen LogP contribution in [0.25, 0.3) is 0 Å². The smallest absolute Gasteiger partial charge is 0.343 e. The summed E-state index contributed by atoms with van der Waals surface area (Å²) in [6, 6.07) is 0. The molecule has 0 spiro atoms. The van der Waals surface area contributed by atoms with Gasteiger partial charge in [0.05, 0.1) is 13.2 Å². The van der Waals surface area contributed by atoms with Gasteiger partial charge in [0.2, 0.25) is 0 Å². The van der Waals surface area contributed by atoms with Crippen LogP contribution >= 0.6 is 0 Å². The minimum atomic E-state index is -0.680. The lowest BCUT2D eigenvalue weighted by Crippen LogP contribution is -2.12. The normalized spacial score (nSPS) is 11.5. The minimum Gasteiger partial charge on any atom is -0.512 e. The van der Waals surface area contributed by atoms with E-state index in [0.29, 0.717) is 0 Å². The Morgan fingerprint density at radius 2 is 1.78 bits per heavy atom. The SMILES string of the molecule is C.CCOC(=O)CN=CC(C(=O)OCC)=C(C)O. The molecule has 0 fully saturated rings. The number of hydrogen-bond donors (Lipinski definition) is 1. The Hall–Kier alpha value is -1.85. The predicted octanol–water partition coefficient (Wildman–Crippen LogP) is 1.65. The molecule has 18 heavy (non-hydrogen) atoms. The lowest BCUT2D eigenvalue weighted by molar-refractivity contribution is -0.141. The monoisotopic (exact) mass is 259 g/mol. The van der Waals surface area contributed by atoms with Crippen LogP contribution in [0, 0.1) is 0 Å². The molecule has 0 aliphatic carbocycles. The van der Waals surface area contributed by atoms with E-state index in [-0.39, 0.29) is 38.5 Å². The predicted molar refractivity (Wildman–Crippen MR) is 68.7 cm³/mol. The summed E-state index contributed by atoms with van der Waals surface area (Å²) in [5.41, 5.74) is -0.0730. The first kappa shape index (κ1) is 18.5. The van der Waals surface area contributed by atoms with Gasteiger partial charge < -0.3 is 14.6 Å². The molecule has 0 aromatic carbocycles. The molecule has 0 aliphatic heterocycles. The summed E-state index contributed by atoms with van der Waals surface area (Å²) in [6.45, 7) is 4.93. The first-order valence-corrected chi connectivity index (χ1v) is 5.25. The fourth-order valence-electron chi connectivity index (χ4n) is 0.921. The van der Waals surface area contributed by atoms with Crippen molar-refractivity contribution in [1.82, 2.24) is 0 Å². The fraction of sp³-hybridized carbons (Fsp3) is 0.583. The average Bonchev–Trinajstić information content (AvgIpc) is 2.24.